The van der Waals surface area contributed by atoms with Gasteiger partial charge in [-0.1, -0.05) is 70.8 Å². The van der Waals surface area contributed by atoms with Crippen LogP contribution in [0.3, 0.4) is 0 Å². The first-order chi connectivity index (χ1) is 13.9. The number of hydrogen-bond acceptors (Lipinski definition) is 0. The van der Waals surface area contributed by atoms with Gasteiger partial charge in [0.1, 0.15) is 0 Å². The maximum atomic E-state index is 3.30. The van der Waals surface area contributed by atoms with E-state index >= 15 is 0 Å². The van der Waals surface area contributed by atoms with Crippen molar-refractivity contribution in [3.8, 4) is 22.3 Å². The Morgan fingerprint density at radius 2 is 0.900 bits per heavy atom. The molecule has 0 aliphatic heterocycles. The summed E-state index contributed by atoms with van der Waals surface area (Å²) in [5.74, 6) is 0. The third kappa shape index (κ3) is 4.82. The Morgan fingerprint density at radius 3 is 1.33 bits per heavy atom. The molecule has 2 aliphatic carbocycles. The fraction of sp³-hybridized carbons (Fsp3) is 0.0714. The van der Waals surface area contributed by atoms with Gasteiger partial charge in [-0.3, -0.25) is 0 Å². The molecule has 0 fully saturated rings. The average Bonchev–Trinajstić information content (AvgIpc) is 3.34. The smallest absolute Gasteiger partial charge is 0.0253 e. The quantitative estimate of drug-likeness (QED) is 0.169. The Hall–Kier alpha value is -2.02. The van der Waals surface area contributed by atoms with Gasteiger partial charge in [0, 0.05) is 0 Å². The van der Waals surface area contributed by atoms with E-state index in [2.05, 4.69) is 91.8 Å². The molecule has 2 heteroatoms. The minimum absolute atomic E-state index is 0. The molecule has 0 nitrogen and oxygen atoms in total. The van der Waals surface area contributed by atoms with E-state index in [4.69, 9.17) is 0 Å². The van der Waals surface area contributed by atoms with E-state index < -0.39 is 0 Å². The van der Waals surface area contributed by atoms with Gasteiger partial charge < -0.3 is 14.9 Å². The summed E-state index contributed by atoms with van der Waals surface area (Å²) in [4.78, 5) is 0. The van der Waals surface area contributed by atoms with E-state index in [1.807, 2.05) is 12.1 Å². The van der Waals surface area contributed by atoms with Crippen LogP contribution in [0.25, 0.3) is 22.3 Å². The molecule has 2 radical (unpaired) electrons. The molecule has 0 saturated heterocycles. The maximum Gasteiger partial charge on any atom is -0.0253 e. The van der Waals surface area contributed by atoms with Crippen molar-refractivity contribution >= 4 is 6.88 Å². The molecule has 0 atom stereocenters. The number of hydrogen-bond donors (Lipinski definition) is 0. The average molecular weight is 480 g/mol. The second-order valence-electron chi connectivity index (χ2n) is 6.79. The fourth-order valence-corrected chi connectivity index (χ4v) is 4.00. The third-order valence-corrected chi connectivity index (χ3v) is 5.23. The zero-order valence-corrected chi connectivity index (χ0v) is 21.0. The topological polar surface area (TPSA) is 0 Å². The summed E-state index contributed by atoms with van der Waals surface area (Å²) in [6.45, 7) is 3.06. The van der Waals surface area contributed by atoms with Gasteiger partial charge in [0.15, 0.2) is 0 Å². The normalized spacial score (nSPS) is 10.8. The van der Waals surface area contributed by atoms with Crippen molar-refractivity contribution in [2.75, 3.05) is 0 Å². The number of benzene rings is 4. The molecule has 0 bridgehead atoms. The van der Waals surface area contributed by atoms with Crippen LogP contribution in [0.1, 0.15) is 22.3 Å². The summed E-state index contributed by atoms with van der Waals surface area (Å²) in [5, 5.41) is 0. The van der Waals surface area contributed by atoms with Crippen molar-refractivity contribution in [2.45, 2.75) is 12.8 Å². The van der Waals surface area contributed by atoms with Crippen molar-refractivity contribution in [1.29, 1.82) is 0 Å². The van der Waals surface area contributed by atoms with Crippen molar-refractivity contribution in [1.82, 2.24) is 0 Å². The van der Waals surface area contributed by atoms with Crippen molar-refractivity contribution in [3.63, 3.8) is 0 Å². The van der Waals surface area contributed by atoms with Crippen LogP contribution in [0.15, 0.2) is 84.9 Å². The summed E-state index contributed by atoms with van der Waals surface area (Å²) in [6.07, 6.45) is 2.10. The molecule has 0 amide bonds. The van der Waals surface area contributed by atoms with Gasteiger partial charge in [0.25, 0.3) is 0 Å². The Labute approximate surface area is 198 Å². The SMILES string of the molecule is [CH3-].[CH3-].[Si]=[Zr].[c-]1cccc2c1Cc1ccccc1-2.[c-]1cccc2c1Cc1ccccc1-2. The molecule has 0 saturated carbocycles. The van der Waals surface area contributed by atoms with Gasteiger partial charge >= 0.3 is 30.2 Å². The van der Waals surface area contributed by atoms with Gasteiger partial charge in [-0.2, -0.15) is 59.7 Å². The molecule has 0 N–H and O–H groups in total. The summed E-state index contributed by atoms with van der Waals surface area (Å²) in [6, 6.07) is 36.2. The standard InChI is InChI=1S/2C13H9.2CH3.Si.Zr/c2*1-3-7-12-10(5-1)9-11-6-2-4-8-13(11)12;;;;/h2*1-5,7-8H,9H2;2*1H3;;/q4*-1;;. The molecule has 0 spiro atoms. The maximum absolute atomic E-state index is 3.30. The zero-order chi connectivity index (χ0) is 19.3. The van der Waals surface area contributed by atoms with Crippen LogP contribution >= 0.6 is 0 Å². The third-order valence-electron chi connectivity index (χ3n) is 5.23. The second-order valence-corrected chi connectivity index (χ2v) is 6.79. The van der Waals surface area contributed by atoms with Crippen LogP contribution in [0.4, 0.5) is 0 Å². The summed E-state index contributed by atoms with van der Waals surface area (Å²) in [7, 11) is 0. The van der Waals surface area contributed by atoms with Crippen LogP contribution in [-0.4, -0.2) is 6.88 Å². The molecule has 0 unspecified atom stereocenters. The summed E-state index contributed by atoms with van der Waals surface area (Å²) < 4.78 is 0. The van der Waals surface area contributed by atoms with Crippen LogP contribution in [-0.2, 0) is 36.2 Å². The minimum Gasteiger partial charge on any atom is -0.179 e. The van der Waals surface area contributed by atoms with Gasteiger partial charge in [-0.15, -0.1) is 11.1 Å². The molecule has 0 heterocycles. The molecule has 148 valence electrons. The predicted molar refractivity (Wildman–Crippen MR) is 126 cm³/mol. The molecule has 0 aromatic heterocycles. The van der Waals surface area contributed by atoms with E-state index in [9.17, 15) is 0 Å². The van der Waals surface area contributed by atoms with Crippen molar-refractivity contribution in [3.05, 3.63) is 134 Å². The summed E-state index contributed by atoms with van der Waals surface area (Å²) >= 11 is 1.36. The number of rotatable bonds is 0. The molecule has 4 aromatic carbocycles. The Kier molecular flexibility index (Phi) is 9.21. The monoisotopic (exact) mass is 478 g/mol. The van der Waals surface area contributed by atoms with Gasteiger partial charge in [-0.25, -0.2) is 0 Å². The predicted octanol–water partition coefficient (Wildman–Crippen LogP) is 6.63. The Morgan fingerprint density at radius 1 is 0.533 bits per heavy atom. The van der Waals surface area contributed by atoms with E-state index in [-0.39, 0.29) is 14.9 Å². The molecular formula is C28H24SiZr-4. The largest absolute Gasteiger partial charge is 0.179 e. The zero-order valence-electron chi connectivity index (χ0n) is 17.5. The Bertz CT molecular complexity index is 941. The first kappa shape index (κ1) is 24.3. The van der Waals surface area contributed by atoms with Gasteiger partial charge in [0.05, 0.1) is 0 Å². The fourth-order valence-electron chi connectivity index (χ4n) is 4.00. The van der Waals surface area contributed by atoms with Crippen LogP contribution in [0.2, 0.25) is 0 Å². The van der Waals surface area contributed by atoms with E-state index in [0.717, 1.165) is 12.8 Å². The van der Waals surface area contributed by atoms with E-state index in [0.29, 0.717) is 0 Å². The van der Waals surface area contributed by atoms with E-state index in [1.165, 1.54) is 67.8 Å². The molecule has 6 rings (SSSR count). The minimum atomic E-state index is 0. The van der Waals surface area contributed by atoms with E-state index in [1.54, 1.807) is 0 Å². The molecule has 2 aliphatic rings. The van der Waals surface area contributed by atoms with Crippen LogP contribution in [0, 0.1) is 27.0 Å². The molecule has 4 aromatic rings. The van der Waals surface area contributed by atoms with Crippen LogP contribution < -0.4 is 0 Å². The second kappa shape index (κ2) is 11.4. The first-order valence-corrected chi connectivity index (χ1v) is 13.5. The van der Waals surface area contributed by atoms with Gasteiger partial charge in [-0.05, 0) is 12.8 Å². The van der Waals surface area contributed by atoms with Crippen molar-refractivity contribution < 1.29 is 23.3 Å². The van der Waals surface area contributed by atoms with Crippen molar-refractivity contribution in [2.24, 2.45) is 0 Å². The molecular weight excluding hydrogens is 456 g/mol. The number of fused-ring (bicyclic) bond motifs is 6. The summed E-state index contributed by atoms with van der Waals surface area (Å²) in [5.41, 5.74) is 11.0. The van der Waals surface area contributed by atoms with Crippen LogP contribution in [0.5, 0.6) is 0 Å². The molecule has 30 heavy (non-hydrogen) atoms. The van der Waals surface area contributed by atoms with Gasteiger partial charge in [0.2, 0.25) is 0 Å². The Balaban J connectivity index is 0.000000186. The first-order valence-electron chi connectivity index (χ1n) is 9.31.